The standard InChI is InChI=1S/C19H21ClN2O2/c1-14(2)17-8-6-15(7-9-17)12-22-24-13-19(23)21-11-16-4-3-5-18(20)10-16/h3-10,12,14H,11,13H2,1-2H3,(H,21,23)/b22-12-. The van der Waals surface area contributed by atoms with Crippen LogP contribution >= 0.6 is 11.6 Å². The third kappa shape index (κ3) is 6.05. The second-order valence-electron chi connectivity index (χ2n) is 5.74. The molecule has 0 aromatic heterocycles. The number of benzene rings is 2. The maximum atomic E-state index is 11.7. The van der Waals surface area contributed by atoms with Crippen LogP contribution in [0.1, 0.15) is 36.5 Å². The van der Waals surface area contributed by atoms with Gasteiger partial charge in [0.15, 0.2) is 6.61 Å². The van der Waals surface area contributed by atoms with E-state index < -0.39 is 0 Å². The number of hydrogen-bond acceptors (Lipinski definition) is 3. The smallest absolute Gasteiger partial charge is 0.261 e. The normalized spacial score (nSPS) is 11.0. The zero-order valence-corrected chi connectivity index (χ0v) is 14.6. The van der Waals surface area contributed by atoms with Crippen LogP contribution in [0.3, 0.4) is 0 Å². The Morgan fingerprint density at radius 3 is 2.67 bits per heavy atom. The summed E-state index contributed by atoms with van der Waals surface area (Å²) in [4.78, 5) is 16.7. The molecule has 24 heavy (non-hydrogen) atoms. The van der Waals surface area contributed by atoms with E-state index in [1.165, 1.54) is 5.56 Å². The van der Waals surface area contributed by atoms with Crippen LogP contribution in [0.25, 0.3) is 0 Å². The quantitative estimate of drug-likeness (QED) is 0.606. The van der Waals surface area contributed by atoms with Crippen LogP contribution < -0.4 is 5.32 Å². The molecule has 2 rings (SSSR count). The van der Waals surface area contributed by atoms with E-state index in [2.05, 4.69) is 36.5 Å². The lowest BCUT2D eigenvalue weighted by atomic mass is 10.0. The molecule has 1 amide bonds. The summed E-state index contributed by atoms with van der Waals surface area (Å²) in [5, 5.41) is 7.21. The maximum absolute atomic E-state index is 11.7. The second-order valence-corrected chi connectivity index (χ2v) is 6.17. The first-order valence-corrected chi connectivity index (χ1v) is 8.19. The van der Waals surface area contributed by atoms with Gasteiger partial charge in [-0.3, -0.25) is 4.79 Å². The molecular formula is C19H21ClN2O2. The average Bonchev–Trinajstić information content (AvgIpc) is 2.57. The van der Waals surface area contributed by atoms with Crippen LogP contribution in [-0.4, -0.2) is 18.7 Å². The van der Waals surface area contributed by atoms with Crippen molar-refractivity contribution in [1.29, 1.82) is 0 Å². The summed E-state index contributed by atoms with van der Waals surface area (Å²) in [6, 6.07) is 15.4. The summed E-state index contributed by atoms with van der Waals surface area (Å²) in [5.74, 6) is 0.262. The van der Waals surface area contributed by atoms with Crippen LogP contribution in [0.2, 0.25) is 5.02 Å². The van der Waals surface area contributed by atoms with Crippen molar-refractivity contribution in [2.75, 3.05) is 6.61 Å². The Labute approximate surface area is 147 Å². The molecule has 2 aromatic rings. The van der Waals surface area contributed by atoms with E-state index in [0.717, 1.165) is 11.1 Å². The minimum Gasteiger partial charge on any atom is -0.386 e. The van der Waals surface area contributed by atoms with Crippen molar-refractivity contribution >= 4 is 23.7 Å². The summed E-state index contributed by atoms with van der Waals surface area (Å²) in [5.41, 5.74) is 3.14. The molecule has 5 heteroatoms. The number of nitrogens with one attached hydrogen (secondary N) is 1. The van der Waals surface area contributed by atoms with Gasteiger partial charge in [-0.2, -0.15) is 0 Å². The van der Waals surface area contributed by atoms with Crippen molar-refractivity contribution in [2.24, 2.45) is 5.16 Å². The molecule has 0 saturated heterocycles. The van der Waals surface area contributed by atoms with Gasteiger partial charge in [0.1, 0.15) is 0 Å². The topological polar surface area (TPSA) is 50.7 Å². The van der Waals surface area contributed by atoms with Crippen molar-refractivity contribution in [3.05, 3.63) is 70.2 Å². The zero-order valence-electron chi connectivity index (χ0n) is 13.8. The second kappa shape index (κ2) is 9.08. The summed E-state index contributed by atoms with van der Waals surface area (Å²) >= 11 is 5.89. The van der Waals surface area contributed by atoms with Crippen molar-refractivity contribution in [1.82, 2.24) is 5.32 Å². The van der Waals surface area contributed by atoms with Crippen molar-refractivity contribution in [3.8, 4) is 0 Å². The minimum absolute atomic E-state index is 0.124. The maximum Gasteiger partial charge on any atom is 0.261 e. The SMILES string of the molecule is CC(C)c1ccc(/C=N\OCC(=O)NCc2cccc(Cl)c2)cc1. The molecule has 1 N–H and O–H groups in total. The minimum atomic E-state index is -0.234. The highest BCUT2D eigenvalue weighted by atomic mass is 35.5. The first kappa shape index (κ1) is 18.0. The van der Waals surface area contributed by atoms with E-state index in [0.29, 0.717) is 17.5 Å². The summed E-state index contributed by atoms with van der Waals surface area (Å²) in [6.45, 7) is 4.58. The van der Waals surface area contributed by atoms with Gasteiger partial charge < -0.3 is 10.2 Å². The lowest BCUT2D eigenvalue weighted by Gasteiger charge is -2.05. The highest BCUT2D eigenvalue weighted by Crippen LogP contribution is 2.14. The van der Waals surface area contributed by atoms with Gasteiger partial charge >= 0.3 is 0 Å². The molecule has 2 aromatic carbocycles. The Hall–Kier alpha value is -2.33. The lowest BCUT2D eigenvalue weighted by molar-refractivity contribution is -0.125. The molecular weight excluding hydrogens is 324 g/mol. The average molecular weight is 345 g/mol. The van der Waals surface area contributed by atoms with Crippen molar-refractivity contribution in [3.63, 3.8) is 0 Å². The Kier molecular flexibility index (Phi) is 6.82. The summed E-state index contributed by atoms with van der Waals surface area (Å²) < 4.78 is 0. The fourth-order valence-corrected chi connectivity index (χ4v) is 2.27. The number of amides is 1. The van der Waals surface area contributed by atoms with Gasteiger partial charge in [-0.05, 0) is 34.7 Å². The van der Waals surface area contributed by atoms with E-state index in [9.17, 15) is 4.79 Å². The van der Waals surface area contributed by atoms with Crippen LogP contribution in [0, 0.1) is 0 Å². The van der Waals surface area contributed by atoms with Gasteiger partial charge in [0.25, 0.3) is 5.91 Å². The van der Waals surface area contributed by atoms with Crippen molar-refractivity contribution in [2.45, 2.75) is 26.3 Å². The molecule has 0 spiro atoms. The van der Waals surface area contributed by atoms with Crippen LogP contribution in [-0.2, 0) is 16.2 Å². The number of carbonyl (C=O) groups excluding carboxylic acids is 1. The Morgan fingerprint density at radius 1 is 1.25 bits per heavy atom. The van der Waals surface area contributed by atoms with E-state index in [1.54, 1.807) is 12.3 Å². The van der Waals surface area contributed by atoms with E-state index in [-0.39, 0.29) is 12.5 Å². The molecule has 0 fully saturated rings. The molecule has 4 nitrogen and oxygen atoms in total. The van der Waals surface area contributed by atoms with Gasteiger partial charge in [-0.15, -0.1) is 0 Å². The predicted molar refractivity (Wildman–Crippen MR) is 97.4 cm³/mol. The number of hydrogen-bond donors (Lipinski definition) is 1. The van der Waals surface area contributed by atoms with Crippen molar-refractivity contribution < 1.29 is 9.63 Å². The van der Waals surface area contributed by atoms with E-state index in [1.807, 2.05) is 30.3 Å². The molecule has 0 heterocycles. The molecule has 0 radical (unpaired) electrons. The zero-order chi connectivity index (χ0) is 17.4. The molecule has 0 bridgehead atoms. The third-order valence-electron chi connectivity index (χ3n) is 3.45. The number of oxime groups is 1. The predicted octanol–water partition coefficient (Wildman–Crippen LogP) is 4.13. The Balaban J connectivity index is 1.72. The fraction of sp³-hybridized carbons (Fsp3) is 0.263. The lowest BCUT2D eigenvalue weighted by Crippen LogP contribution is -2.26. The highest BCUT2D eigenvalue weighted by molar-refractivity contribution is 6.30. The molecule has 0 aliphatic heterocycles. The van der Waals surface area contributed by atoms with Gasteiger partial charge in [-0.1, -0.05) is 67.0 Å². The largest absolute Gasteiger partial charge is 0.386 e. The molecule has 0 unspecified atom stereocenters. The molecule has 0 atom stereocenters. The van der Waals surface area contributed by atoms with Crippen LogP contribution in [0.5, 0.6) is 0 Å². The fourth-order valence-electron chi connectivity index (χ4n) is 2.06. The third-order valence-corrected chi connectivity index (χ3v) is 3.69. The van der Waals surface area contributed by atoms with Gasteiger partial charge in [0, 0.05) is 11.6 Å². The number of carbonyl (C=O) groups is 1. The van der Waals surface area contributed by atoms with Gasteiger partial charge in [0.05, 0.1) is 6.21 Å². The van der Waals surface area contributed by atoms with E-state index >= 15 is 0 Å². The highest BCUT2D eigenvalue weighted by Gasteiger charge is 2.02. The molecule has 0 aliphatic carbocycles. The number of halogens is 1. The summed E-state index contributed by atoms with van der Waals surface area (Å²) in [6.07, 6.45) is 1.59. The summed E-state index contributed by atoms with van der Waals surface area (Å²) in [7, 11) is 0. The van der Waals surface area contributed by atoms with Crippen LogP contribution in [0.15, 0.2) is 53.7 Å². The van der Waals surface area contributed by atoms with Crippen LogP contribution in [0.4, 0.5) is 0 Å². The first-order chi connectivity index (χ1) is 11.5. The Bertz CT molecular complexity index is 697. The number of rotatable bonds is 7. The monoisotopic (exact) mass is 344 g/mol. The molecule has 126 valence electrons. The van der Waals surface area contributed by atoms with Gasteiger partial charge in [0.2, 0.25) is 0 Å². The van der Waals surface area contributed by atoms with Gasteiger partial charge in [-0.25, -0.2) is 0 Å². The molecule has 0 aliphatic rings. The Morgan fingerprint density at radius 2 is 2.00 bits per heavy atom. The van der Waals surface area contributed by atoms with E-state index in [4.69, 9.17) is 16.4 Å². The first-order valence-electron chi connectivity index (χ1n) is 7.81. The number of nitrogens with zero attached hydrogens (tertiary/aromatic N) is 1. The molecule has 0 saturated carbocycles.